The van der Waals surface area contributed by atoms with E-state index in [1.165, 1.54) is 6.33 Å². The summed E-state index contributed by atoms with van der Waals surface area (Å²) in [5.74, 6) is 1.59. The van der Waals surface area contributed by atoms with Crippen molar-refractivity contribution in [2.24, 2.45) is 0 Å². The minimum atomic E-state index is -0.926. The van der Waals surface area contributed by atoms with Crippen LogP contribution in [0, 0.1) is 0 Å². The first-order valence-corrected chi connectivity index (χ1v) is 7.34. The third-order valence-corrected chi connectivity index (χ3v) is 4.23. The number of rotatable bonds is 3. The molecule has 0 bridgehead atoms. The van der Waals surface area contributed by atoms with E-state index in [9.17, 15) is 5.11 Å². The summed E-state index contributed by atoms with van der Waals surface area (Å²) in [7, 11) is 0. The second kappa shape index (κ2) is 5.06. The van der Waals surface area contributed by atoms with Crippen LogP contribution >= 0.6 is 0 Å². The van der Waals surface area contributed by atoms with Gasteiger partial charge in [-0.15, -0.1) is 0 Å². The molecule has 112 valence electrons. The zero-order chi connectivity index (χ0) is 15.0. The molecule has 6 heteroatoms. The normalized spacial score (nSPS) is 20.8. The van der Waals surface area contributed by atoms with Crippen LogP contribution in [0.3, 0.4) is 0 Å². The first kappa shape index (κ1) is 13.2. The van der Waals surface area contributed by atoms with Crippen LogP contribution in [-0.4, -0.2) is 26.6 Å². The van der Waals surface area contributed by atoms with E-state index in [0.29, 0.717) is 18.8 Å². The fourth-order valence-corrected chi connectivity index (χ4v) is 3.09. The highest BCUT2D eigenvalue weighted by Gasteiger charge is 2.36. The standard InChI is InChI=1S/C16H16N4O2/c21-16(5-1-2-14-12(16)4-7-22-14)9-18-15-11-3-6-17-8-13(11)19-10-20-15/h3-4,6-8,10,21H,1-2,5,9H2,(H,18,19,20). The Morgan fingerprint density at radius 2 is 2.27 bits per heavy atom. The van der Waals surface area contributed by atoms with Crippen molar-refractivity contribution in [1.29, 1.82) is 0 Å². The molecule has 6 nitrogen and oxygen atoms in total. The molecule has 0 aromatic carbocycles. The lowest BCUT2D eigenvalue weighted by atomic mass is 9.83. The van der Waals surface area contributed by atoms with Gasteiger partial charge in [0.25, 0.3) is 0 Å². The molecule has 3 aromatic rings. The van der Waals surface area contributed by atoms with Crippen LogP contribution in [-0.2, 0) is 12.0 Å². The van der Waals surface area contributed by atoms with E-state index in [2.05, 4.69) is 20.3 Å². The van der Waals surface area contributed by atoms with Crippen LogP contribution in [0.5, 0.6) is 0 Å². The number of aromatic nitrogens is 3. The number of aliphatic hydroxyl groups is 1. The molecule has 0 aliphatic heterocycles. The van der Waals surface area contributed by atoms with Crippen LogP contribution in [0.2, 0.25) is 0 Å². The Balaban J connectivity index is 1.63. The van der Waals surface area contributed by atoms with Gasteiger partial charge in [-0.1, -0.05) is 0 Å². The molecule has 0 spiro atoms. The molecule has 0 radical (unpaired) electrons. The highest BCUT2D eigenvalue weighted by molar-refractivity contribution is 5.87. The highest BCUT2D eigenvalue weighted by atomic mass is 16.3. The average Bonchev–Trinajstić information content (AvgIpc) is 3.03. The number of hydrogen-bond donors (Lipinski definition) is 2. The molecule has 0 fully saturated rings. The van der Waals surface area contributed by atoms with Gasteiger partial charge in [0.1, 0.15) is 23.5 Å². The lowest BCUT2D eigenvalue weighted by Crippen LogP contribution is -2.37. The SMILES string of the molecule is OC1(CNc2ncnc3cnccc23)CCCc2occc21. The molecule has 4 rings (SSSR count). The van der Waals surface area contributed by atoms with Crippen LogP contribution in [0.15, 0.2) is 41.5 Å². The van der Waals surface area contributed by atoms with E-state index in [4.69, 9.17) is 4.42 Å². The molecular weight excluding hydrogens is 280 g/mol. The quantitative estimate of drug-likeness (QED) is 0.771. The monoisotopic (exact) mass is 296 g/mol. The molecule has 3 heterocycles. The Morgan fingerprint density at radius 1 is 1.32 bits per heavy atom. The largest absolute Gasteiger partial charge is 0.469 e. The molecule has 2 N–H and O–H groups in total. The van der Waals surface area contributed by atoms with Crippen molar-refractivity contribution in [1.82, 2.24) is 15.0 Å². The van der Waals surface area contributed by atoms with Gasteiger partial charge in [-0.2, -0.15) is 0 Å². The summed E-state index contributed by atoms with van der Waals surface area (Å²) in [6.45, 7) is 0.383. The summed E-state index contributed by atoms with van der Waals surface area (Å²) in [6.07, 6.45) is 9.05. The summed E-state index contributed by atoms with van der Waals surface area (Å²) in [6, 6.07) is 3.73. The number of aryl methyl sites for hydroxylation is 1. The predicted octanol–water partition coefficient (Wildman–Crippen LogP) is 2.25. The Labute approximate surface area is 127 Å². The Morgan fingerprint density at radius 3 is 3.23 bits per heavy atom. The number of nitrogens with zero attached hydrogens (tertiary/aromatic N) is 3. The van der Waals surface area contributed by atoms with E-state index in [0.717, 1.165) is 35.1 Å². The molecule has 0 saturated heterocycles. The van der Waals surface area contributed by atoms with Crippen molar-refractivity contribution in [3.8, 4) is 0 Å². The van der Waals surface area contributed by atoms with Crippen LogP contribution in [0.4, 0.5) is 5.82 Å². The lowest BCUT2D eigenvalue weighted by Gasteiger charge is -2.32. The third-order valence-electron chi connectivity index (χ3n) is 4.23. The summed E-state index contributed by atoms with van der Waals surface area (Å²) in [4.78, 5) is 12.5. The zero-order valence-electron chi connectivity index (χ0n) is 12.0. The van der Waals surface area contributed by atoms with Gasteiger partial charge in [0.2, 0.25) is 0 Å². The van der Waals surface area contributed by atoms with E-state index in [1.807, 2.05) is 12.1 Å². The van der Waals surface area contributed by atoms with Crippen LogP contribution < -0.4 is 5.32 Å². The molecule has 22 heavy (non-hydrogen) atoms. The number of nitrogens with one attached hydrogen (secondary N) is 1. The third kappa shape index (κ3) is 2.12. The van der Waals surface area contributed by atoms with Crippen molar-refractivity contribution in [3.05, 3.63) is 48.4 Å². The fourth-order valence-electron chi connectivity index (χ4n) is 3.09. The molecule has 1 unspecified atom stereocenters. The van der Waals surface area contributed by atoms with Gasteiger partial charge in [0.05, 0.1) is 18.0 Å². The van der Waals surface area contributed by atoms with Crippen molar-refractivity contribution in [3.63, 3.8) is 0 Å². The number of fused-ring (bicyclic) bond motifs is 2. The van der Waals surface area contributed by atoms with E-state index in [-0.39, 0.29) is 0 Å². The smallest absolute Gasteiger partial charge is 0.137 e. The molecule has 1 aliphatic carbocycles. The maximum absolute atomic E-state index is 11.0. The second-order valence-electron chi connectivity index (χ2n) is 5.61. The summed E-state index contributed by atoms with van der Waals surface area (Å²) in [5.41, 5.74) is 0.733. The summed E-state index contributed by atoms with van der Waals surface area (Å²) in [5, 5.41) is 15.1. The van der Waals surface area contributed by atoms with Crippen molar-refractivity contribution >= 4 is 16.7 Å². The maximum Gasteiger partial charge on any atom is 0.137 e. The fraction of sp³-hybridized carbons (Fsp3) is 0.312. The number of pyridine rings is 1. The van der Waals surface area contributed by atoms with Crippen LogP contribution in [0.25, 0.3) is 10.9 Å². The van der Waals surface area contributed by atoms with Crippen molar-refractivity contribution in [2.75, 3.05) is 11.9 Å². The lowest BCUT2D eigenvalue weighted by molar-refractivity contribution is 0.0299. The Bertz CT molecular complexity index is 811. The summed E-state index contributed by atoms with van der Waals surface area (Å²) < 4.78 is 5.45. The second-order valence-corrected chi connectivity index (χ2v) is 5.61. The first-order chi connectivity index (χ1) is 10.8. The van der Waals surface area contributed by atoms with E-state index >= 15 is 0 Å². The van der Waals surface area contributed by atoms with Gasteiger partial charge in [0, 0.05) is 30.1 Å². The molecular formula is C16H16N4O2. The first-order valence-electron chi connectivity index (χ1n) is 7.34. The minimum Gasteiger partial charge on any atom is -0.469 e. The van der Waals surface area contributed by atoms with Crippen molar-refractivity contribution in [2.45, 2.75) is 24.9 Å². The topological polar surface area (TPSA) is 84.1 Å². The van der Waals surface area contributed by atoms with Crippen LogP contribution in [0.1, 0.15) is 24.2 Å². The van der Waals surface area contributed by atoms with Gasteiger partial charge in [-0.05, 0) is 25.0 Å². The zero-order valence-corrected chi connectivity index (χ0v) is 12.0. The highest BCUT2D eigenvalue weighted by Crippen LogP contribution is 2.36. The van der Waals surface area contributed by atoms with Gasteiger partial charge in [0.15, 0.2) is 0 Å². The number of hydrogen-bond acceptors (Lipinski definition) is 6. The minimum absolute atomic E-state index is 0.383. The van der Waals surface area contributed by atoms with E-state index in [1.54, 1.807) is 18.7 Å². The average molecular weight is 296 g/mol. The molecule has 0 saturated carbocycles. The molecule has 1 atom stereocenters. The Kier molecular flexibility index (Phi) is 3.04. The van der Waals surface area contributed by atoms with Crippen molar-refractivity contribution < 1.29 is 9.52 Å². The molecule has 0 amide bonds. The predicted molar refractivity (Wildman–Crippen MR) is 81.4 cm³/mol. The van der Waals surface area contributed by atoms with Gasteiger partial charge >= 0.3 is 0 Å². The van der Waals surface area contributed by atoms with E-state index < -0.39 is 5.60 Å². The number of furan rings is 1. The summed E-state index contributed by atoms with van der Waals surface area (Å²) >= 11 is 0. The molecule has 3 aromatic heterocycles. The number of anilines is 1. The van der Waals surface area contributed by atoms with Gasteiger partial charge in [-0.3, -0.25) is 4.98 Å². The maximum atomic E-state index is 11.0. The van der Waals surface area contributed by atoms with Gasteiger partial charge in [-0.25, -0.2) is 9.97 Å². The Hall–Kier alpha value is -2.47. The molecule has 1 aliphatic rings. The van der Waals surface area contributed by atoms with Gasteiger partial charge < -0.3 is 14.8 Å².